The summed E-state index contributed by atoms with van der Waals surface area (Å²) < 4.78 is 0. The van der Waals surface area contributed by atoms with E-state index in [1.807, 2.05) is 40.1 Å². The molecule has 0 bridgehead atoms. The molecule has 0 atom stereocenters. The number of aryl methyl sites for hydroxylation is 4. The summed E-state index contributed by atoms with van der Waals surface area (Å²) in [6.07, 6.45) is 8.76. The number of hydrogen-bond donors (Lipinski definition) is 1. The van der Waals surface area contributed by atoms with Crippen molar-refractivity contribution in [2.75, 3.05) is 0 Å². The first-order chi connectivity index (χ1) is 29.7. The number of rotatable bonds is 13. The summed E-state index contributed by atoms with van der Waals surface area (Å²) in [5.74, 6) is 0.547. The number of pyridine rings is 2. The van der Waals surface area contributed by atoms with Gasteiger partial charge in [0.25, 0.3) is 0 Å². The Balaban J connectivity index is 0.000000262. The molecule has 6 rings (SSSR count). The maximum atomic E-state index is 11.7. The van der Waals surface area contributed by atoms with E-state index in [2.05, 4.69) is 176 Å². The van der Waals surface area contributed by atoms with Crippen molar-refractivity contribution in [3.05, 3.63) is 131 Å². The molecule has 2 heterocycles. The Labute approximate surface area is 403 Å². The number of nitrogens with zero attached hydrogens (tertiary/aromatic N) is 2. The van der Waals surface area contributed by atoms with Crippen LogP contribution < -0.4 is 10.4 Å². The fourth-order valence-corrected chi connectivity index (χ4v) is 11.5. The van der Waals surface area contributed by atoms with Gasteiger partial charge in [-0.2, -0.15) is 0 Å². The number of aliphatic hydroxyl groups excluding tert-OH is 1. The second-order valence-corrected chi connectivity index (χ2v) is 29.8. The molecule has 0 fully saturated rings. The molecule has 345 valence electrons. The molecule has 2 aromatic heterocycles. The zero-order valence-electron chi connectivity index (χ0n) is 41.9. The molecular weight excluding hydrogens is 993 g/mol. The van der Waals surface area contributed by atoms with Crippen LogP contribution >= 0.6 is 0 Å². The number of hydrogen-bond acceptors (Lipinski definition) is 4. The molecule has 0 saturated carbocycles. The molecule has 0 aliphatic carbocycles. The standard InChI is InChI=1S/2C22H26NSi.C13H24O2.Ir/c2*1-15(2)24(5,6)20-7-8-21-18(14-20)9-10-23-22(21)19-12-16(3)11-17(4)13-19;1-5-10(6-2)12(14)9-13(15)11(7-3)8-4;/h2*7-12,14-15H,1-6H3;9-11,14H,5-8H2,1-4H3;/q2*-1;;/b;;12-9-;. The van der Waals surface area contributed by atoms with Crippen LogP contribution in [0.2, 0.25) is 37.3 Å². The quantitative estimate of drug-likeness (QED) is 0.0542. The predicted octanol–water partition coefficient (Wildman–Crippen LogP) is 15.2. The van der Waals surface area contributed by atoms with Crippen LogP contribution in [0.25, 0.3) is 44.1 Å². The SMILES string of the molecule is CCC(CC)C(=O)/C=C(\O)C(CC)CC.Cc1[c-]c(-c2nccc3cc([Si](C)(C)C(C)C)ccc23)cc(C)c1.Cc1[c-]c(-c2nccc3cc([Si](C)(C)C(C)C)ccc23)cc(C)c1.[Ir]. The van der Waals surface area contributed by atoms with E-state index in [1.54, 1.807) is 0 Å². The van der Waals surface area contributed by atoms with Gasteiger partial charge in [-0.05, 0) is 81.8 Å². The summed E-state index contributed by atoms with van der Waals surface area (Å²) in [4.78, 5) is 21.0. The second-order valence-electron chi connectivity index (χ2n) is 19.5. The van der Waals surface area contributed by atoms with Gasteiger partial charge in [-0.1, -0.05) is 156 Å². The number of ketones is 1. The summed E-state index contributed by atoms with van der Waals surface area (Å²) >= 11 is 0. The summed E-state index contributed by atoms with van der Waals surface area (Å²) in [6, 6.07) is 33.8. The van der Waals surface area contributed by atoms with Crippen LogP contribution in [0.15, 0.2) is 97.0 Å². The fourth-order valence-electron chi connectivity index (χ4n) is 8.08. The zero-order valence-corrected chi connectivity index (χ0v) is 46.3. The van der Waals surface area contributed by atoms with Crippen LogP contribution in [0.1, 0.15) is 103 Å². The van der Waals surface area contributed by atoms with Gasteiger partial charge in [0.05, 0.1) is 21.9 Å². The number of allylic oxidation sites excluding steroid dienone is 2. The van der Waals surface area contributed by atoms with Gasteiger partial charge in [-0.3, -0.25) is 4.79 Å². The smallest absolute Gasteiger partial charge is 0.162 e. The summed E-state index contributed by atoms with van der Waals surface area (Å²) in [5.41, 5.74) is 10.5. The Kier molecular flexibility index (Phi) is 20.3. The van der Waals surface area contributed by atoms with Crippen LogP contribution in [0.4, 0.5) is 0 Å². The molecule has 0 amide bonds. The molecule has 4 aromatic carbocycles. The van der Waals surface area contributed by atoms with Crippen LogP contribution in [0.3, 0.4) is 0 Å². The first kappa shape index (κ1) is 54.3. The van der Waals surface area contributed by atoms with Gasteiger partial charge in [0, 0.05) is 50.4 Å². The normalized spacial score (nSPS) is 12.0. The van der Waals surface area contributed by atoms with E-state index in [1.165, 1.54) is 49.1 Å². The van der Waals surface area contributed by atoms with E-state index in [-0.39, 0.29) is 43.5 Å². The molecule has 0 spiro atoms. The molecule has 0 aliphatic heterocycles. The van der Waals surface area contributed by atoms with Crippen LogP contribution in [0.5, 0.6) is 0 Å². The third kappa shape index (κ3) is 13.5. The van der Waals surface area contributed by atoms with Crippen LogP contribution in [0, 0.1) is 51.7 Å². The Morgan fingerprint density at radius 2 is 0.969 bits per heavy atom. The van der Waals surface area contributed by atoms with E-state index in [9.17, 15) is 9.90 Å². The monoisotopic (exact) mass is 1070 g/mol. The molecule has 0 unspecified atom stereocenters. The van der Waals surface area contributed by atoms with Gasteiger partial charge in [0.2, 0.25) is 0 Å². The summed E-state index contributed by atoms with van der Waals surface area (Å²) in [5, 5.41) is 17.8. The van der Waals surface area contributed by atoms with Crippen LogP contribution in [-0.4, -0.2) is 37.0 Å². The van der Waals surface area contributed by atoms with Crippen molar-refractivity contribution >= 4 is 53.8 Å². The number of carbonyl (C=O) groups is 1. The first-order valence-corrected chi connectivity index (χ1v) is 29.6. The largest absolute Gasteiger partial charge is 0.512 e. The van der Waals surface area contributed by atoms with E-state index in [4.69, 9.17) is 0 Å². The minimum Gasteiger partial charge on any atom is -0.512 e. The van der Waals surface area contributed by atoms with Crippen molar-refractivity contribution in [2.24, 2.45) is 11.8 Å². The van der Waals surface area contributed by atoms with E-state index in [0.29, 0.717) is 0 Å². The molecule has 0 saturated heterocycles. The fraction of sp³-hybridized carbons (Fsp3) is 0.421. The Morgan fingerprint density at radius 1 is 0.594 bits per heavy atom. The van der Waals surface area contributed by atoms with Crippen molar-refractivity contribution < 1.29 is 30.0 Å². The number of fused-ring (bicyclic) bond motifs is 2. The van der Waals surface area contributed by atoms with E-state index >= 15 is 0 Å². The second kappa shape index (κ2) is 24.0. The third-order valence-corrected chi connectivity index (χ3v) is 23.2. The number of aliphatic hydroxyl groups is 1. The Bertz CT molecular complexity index is 2320. The number of benzene rings is 4. The number of carbonyl (C=O) groups excluding carboxylic acids is 1. The molecular formula is C57H76IrN2O2Si2-2. The zero-order chi connectivity index (χ0) is 46.8. The Morgan fingerprint density at radius 3 is 1.30 bits per heavy atom. The van der Waals surface area contributed by atoms with Gasteiger partial charge >= 0.3 is 0 Å². The molecule has 64 heavy (non-hydrogen) atoms. The molecule has 7 heteroatoms. The summed E-state index contributed by atoms with van der Waals surface area (Å²) in [7, 11) is -2.83. The van der Waals surface area contributed by atoms with Crippen molar-refractivity contribution in [2.45, 2.75) is 146 Å². The molecule has 6 aromatic rings. The molecule has 1 radical (unpaired) electrons. The molecule has 0 aliphatic rings. The van der Waals surface area contributed by atoms with Crippen LogP contribution in [-0.2, 0) is 24.9 Å². The van der Waals surface area contributed by atoms with Gasteiger partial charge in [0.15, 0.2) is 5.78 Å². The average molecular weight is 1070 g/mol. The molecule has 1 N–H and O–H groups in total. The van der Waals surface area contributed by atoms with Gasteiger partial charge in [-0.15, -0.1) is 69.8 Å². The summed E-state index contributed by atoms with van der Waals surface area (Å²) in [6.45, 7) is 35.7. The van der Waals surface area contributed by atoms with E-state index in [0.717, 1.165) is 70.4 Å². The van der Waals surface area contributed by atoms with E-state index < -0.39 is 16.1 Å². The Hall–Kier alpha value is -4.01. The topological polar surface area (TPSA) is 63.1 Å². The number of aromatic nitrogens is 2. The van der Waals surface area contributed by atoms with Crippen molar-refractivity contribution in [1.29, 1.82) is 0 Å². The average Bonchev–Trinajstić information content (AvgIpc) is 3.23. The maximum absolute atomic E-state index is 11.7. The maximum Gasteiger partial charge on any atom is 0.162 e. The van der Waals surface area contributed by atoms with Gasteiger partial charge in [0.1, 0.15) is 0 Å². The minimum absolute atomic E-state index is 0. The predicted molar refractivity (Wildman–Crippen MR) is 279 cm³/mol. The van der Waals surface area contributed by atoms with Crippen molar-refractivity contribution in [3.63, 3.8) is 0 Å². The molecule has 4 nitrogen and oxygen atoms in total. The van der Waals surface area contributed by atoms with Gasteiger partial charge < -0.3 is 15.1 Å². The minimum atomic E-state index is -1.42. The van der Waals surface area contributed by atoms with Crippen molar-refractivity contribution in [1.82, 2.24) is 9.97 Å². The van der Waals surface area contributed by atoms with Crippen molar-refractivity contribution in [3.8, 4) is 22.5 Å². The third-order valence-electron chi connectivity index (χ3n) is 13.8. The first-order valence-electron chi connectivity index (χ1n) is 23.4. The van der Waals surface area contributed by atoms with Gasteiger partial charge in [-0.25, -0.2) is 0 Å².